The molecule has 0 radical (unpaired) electrons. The van der Waals surface area contributed by atoms with E-state index in [-0.39, 0.29) is 0 Å². The minimum atomic E-state index is 0.730. The highest BCUT2D eigenvalue weighted by atomic mass is 35.5. The number of nitrogens with zero attached hydrogens (tertiary/aromatic N) is 1. The van der Waals surface area contributed by atoms with Gasteiger partial charge in [0.1, 0.15) is 0 Å². The van der Waals surface area contributed by atoms with Crippen molar-refractivity contribution >= 4 is 23.0 Å². The van der Waals surface area contributed by atoms with Crippen molar-refractivity contribution in [3.8, 4) is 0 Å². The summed E-state index contributed by atoms with van der Waals surface area (Å²) < 4.78 is 0. The van der Waals surface area contributed by atoms with E-state index >= 15 is 0 Å². The Balaban J connectivity index is 1.58. The molecule has 1 heterocycles. The van der Waals surface area contributed by atoms with E-state index in [9.17, 15) is 0 Å². The van der Waals surface area contributed by atoms with Gasteiger partial charge in [0.2, 0.25) is 0 Å². The second-order valence-electron chi connectivity index (χ2n) is 5.97. The van der Waals surface area contributed by atoms with Crippen molar-refractivity contribution in [3.63, 3.8) is 0 Å². The van der Waals surface area contributed by atoms with Crippen LogP contribution in [0, 0.1) is 0 Å². The molecule has 0 spiro atoms. The Hall–Kier alpha value is -1.51. The number of anilines is 2. The number of fused-ring (bicyclic) bond motifs is 1. The van der Waals surface area contributed by atoms with Gasteiger partial charge in [0.25, 0.3) is 0 Å². The second-order valence-corrected chi connectivity index (χ2v) is 6.38. The van der Waals surface area contributed by atoms with Crippen LogP contribution in [0.2, 0.25) is 5.02 Å². The molecule has 0 saturated heterocycles. The highest BCUT2D eigenvalue weighted by Crippen LogP contribution is 2.38. The van der Waals surface area contributed by atoms with Crippen LogP contribution >= 0.6 is 11.6 Å². The van der Waals surface area contributed by atoms with Gasteiger partial charge in [-0.15, -0.1) is 0 Å². The molecule has 2 aromatic rings. The van der Waals surface area contributed by atoms with Crippen molar-refractivity contribution < 1.29 is 0 Å². The molecule has 0 amide bonds. The highest BCUT2D eigenvalue weighted by Gasteiger charge is 2.22. The zero-order valence-electron chi connectivity index (χ0n) is 12.0. The van der Waals surface area contributed by atoms with Gasteiger partial charge in [-0.25, -0.2) is 0 Å². The standard InChI is InChI=1S/C18H19ClN2/c19-16-11-13(12-20-15-6-7-15)5-8-18(16)21-10-9-14-3-1-2-4-17(14)21/h1-5,8,11,15,20H,6-7,9-10,12H2. The summed E-state index contributed by atoms with van der Waals surface area (Å²) in [5, 5.41) is 4.38. The van der Waals surface area contributed by atoms with E-state index in [0.717, 1.165) is 36.3 Å². The quantitative estimate of drug-likeness (QED) is 0.906. The topological polar surface area (TPSA) is 15.3 Å². The van der Waals surface area contributed by atoms with E-state index in [1.54, 1.807) is 0 Å². The van der Waals surface area contributed by atoms with Gasteiger partial charge in [0.15, 0.2) is 0 Å². The second kappa shape index (κ2) is 5.36. The predicted octanol–water partition coefficient (Wildman–Crippen LogP) is 4.29. The van der Waals surface area contributed by atoms with Crippen LogP contribution in [0.3, 0.4) is 0 Å². The maximum absolute atomic E-state index is 6.54. The van der Waals surface area contributed by atoms with Crippen molar-refractivity contribution in [1.82, 2.24) is 5.32 Å². The van der Waals surface area contributed by atoms with Gasteiger partial charge in [-0.1, -0.05) is 35.9 Å². The first-order valence-electron chi connectivity index (χ1n) is 7.68. The lowest BCUT2D eigenvalue weighted by Crippen LogP contribution is -2.16. The molecule has 1 aliphatic heterocycles. The van der Waals surface area contributed by atoms with Crippen molar-refractivity contribution in [2.24, 2.45) is 0 Å². The van der Waals surface area contributed by atoms with E-state index in [1.165, 1.54) is 29.7 Å². The number of rotatable bonds is 4. The first-order valence-corrected chi connectivity index (χ1v) is 8.06. The number of para-hydroxylation sites is 1. The van der Waals surface area contributed by atoms with E-state index in [0.29, 0.717) is 0 Å². The fourth-order valence-electron chi connectivity index (χ4n) is 3.02. The average molecular weight is 299 g/mol. The van der Waals surface area contributed by atoms with E-state index in [4.69, 9.17) is 11.6 Å². The van der Waals surface area contributed by atoms with Crippen molar-refractivity contribution in [2.75, 3.05) is 11.4 Å². The van der Waals surface area contributed by atoms with E-state index in [1.807, 2.05) is 0 Å². The van der Waals surface area contributed by atoms with Gasteiger partial charge < -0.3 is 10.2 Å². The van der Waals surface area contributed by atoms with Gasteiger partial charge in [0.05, 0.1) is 10.7 Å². The summed E-state index contributed by atoms with van der Waals surface area (Å²) in [5.41, 5.74) is 5.09. The van der Waals surface area contributed by atoms with Crippen LogP contribution < -0.4 is 10.2 Å². The van der Waals surface area contributed by atoms with Gasteiger partial charge in [-0.3, -0.25) is 0 Å². The number of nitrogens with one attached hydrogen (secondary N) is 1. The molecule has 0 unspecified atom stereocenters. The van der Waals surface area contributed by atoms with Crippen LogP contribution in [-0.4, -0.2) is 12.6 Å². The zero-order valence-corrected chi connectivity index (χ0v) is 12.7. The third-order valence-electron chi connectivity index (χ3n) is 4.36. The van der Waals surface area contributed by atoms with E-state index in [2.05, 4.69) is 52.7 Å². The van der Waals surface area contributed by atoms with Crippen LogP contribution in [-0.2, 0) is 13.0 Å². The summed E-state index contributed by atoms with van der Waals surface area (Å²) in [6.07, 6.45) is 3.73. The van der Waals surface area contributed by atoms with Crippen molar-refractivity contribution in [2.45, 2.75) is 31.8 Å². The number of hydrogen-bond acceptors (Lipinski definition) is 2. The summed E-state index contributed by atoms with van der Waals surface area (Å²) >= 11 is 6.54. The number of benzene rings is 2. The van der Waals surface area contributed by atoms with Crippen LogP contribution in [0.25, 0.3) is 0 Å². The molecule has 108 valence electrons. The SMILES string of the molecule is Clc1cc(CNC2CC2)ccc1N1CCc2ccccc21. The Morgan fingerprint density at radius 3 is 2.76 bits per heavy atom. The van der Waals surface area contributed by atoms with Crippen molar-refractivity contribution in [1.29, 1.82) is 0 Å². The van der Waals surface area contributed by atoms with Gasteiger partial charge in [-0.2, -0.15) is 0 Å². The Morgan fingerprint density at radius 1 is 1.10 bits per heavy atom. The molecule has 1 N–H and O–H groups in total. The summed E-state index contributed by atoms with van der Waals surface area (Å²) in [5.74, 6) is 0. The van der Waals surface area contributed by atoms with Crippen LogP contribution in [0.5, 0.6) is 0 Å². The van der Waals surface area contributed by atoms with Crippen LogP contribution in [0.15, 0.2) is 42.5 Å². The third-order valence-corrected chi connectivity index (χ3v) is 4.66. The van der Waals surface area contributed by atoms with Crippen molar-refractivity contribution in [3.05, 3.63) is 58.6 Å². The molecule has 21 heavy (non-hydrogen) atoms. The highest BCUT2D eigenvalue weighted by molar-refractivity contribution is 6.33. The molecule has 4 rings (SSSR count). The Morgan fingerprint density at radius 2 is 1.95 bits per heavy atom. The molecule has 1 saturated carbocycles. The normalized spacial score (nSPS) is 17.1. The molecule has 2 aromatic carbocycles. The van der Waals surface area contributed by atoms with Gasteiger partial charge in [-0.05, 0) is 48.6 Å². The summed E-state index contributed by atoms with van der Waals surface area (Å²) in [6, 6.07) is 15.8. The molecule has 3 heteroatoms. The molecule has 0 bridgehead atoms. The summed E-state index contributed by atoms with van der Waals surface area (Å²) in [6.45, 7) is 1.93. The molecular weight excluding hydrogens is 280 g/mol. The van der Waals surface area contributed by atoms with Crippen LogP contribution in [0.1, 0.15) is 24.0 Å². The first kappa shape index (κ1) is 13.2. The predicted molar refractivity (Wildman–Crippen MR) is 88.5 cm³/mol. The van der Waals surface area contributed by atoms with Crippen LogP contribution in [0.4, 0.5) is 11.4 Å². The third kappa shape index (κ3) is 2.66. The maximum Gasteiger partial charge on any atom is 0.0646 e. The largest absolute Gasteiger partial charge is 0.340 e. The summed E-state index contributed by atoms with van der Waals surface area (Å²) in [4.78, 5) is 2.33. The van der Waals surface area contributed by atoms with Gasteiger partial charge in [0, 0.05) is 24.8 Å². The Kier molecular flexibility index (Phi) is 3.36. The monoisotopic (exact) mass is 298 g/mol. The molecule has 0 aromatic heterocycles. The molecular formula is C18H19ClN2. The fourth-order valence-corrected chi connectivity index (χ4v) is 3.32. The Labute approximate surface area is 130 Å². The molecule has 2 nitrogen and oxygen atoms in total. The lowest BCUT2D eigenvalue weighted by atomic mass is 10.1. The first-order chi connectivity index (χ1) is 10.3. The van der Waals surface area contributed by atoms with Gasteiger partial charge >= 0.3 is 0 Å². The smallest absolute Gasteiger partial charge is 0.0646 e. The average Bonchev–Trinajstić information content (AvgIpc) is 3.24. The maximum atomic E-state index is 6.54. The fraction of sp³-hybridized carbons (Fsp3) is 0.333. The summed E-state index contributed by atoms with van der Waals surface area (Å²) in [7, 11) is 0. The molecule has 2 aliphatic rings. The molecule has 1 aliphatic carbocycles. The number of halogens is 1. The molecule has 0 atom stereocenters. The minimum Gasteiger partial charge on any atom is -0.340 e. The van der Waals surface area contributed by atoms with E-state index < -0.39 is 0 Å². The molecule has 1 fully saturated rings. The minimum absolute atomic E-state index is 0.730. The lowest BCUT2D eigenvalue weighted by molar-refractivity contribution is 0.688. The Bertz CT molecular complexity index is 664. The zero-order chi connectivity index (χ0) is 14.2. The number of hydrogen-bond donors (Lipinski definition) is 1. The lowest BCUT2D eigenvalue weighted by Gasteiger charge is -2.21.